The van der Waals surface area contributed by atoms with Gasteiger partial charge in [-0.1, -0.05) is 30.3 Å². The highest BCUT2D eigenvalue weighted by Gasteiger charge is 2.03. The Balaban J connectivity index is 2.10. The average molecular weight is 244 g/mol. The van der Waals surface area contributed by atoms with Gasteiger partial charge in [0.2, 0.25) is 0 Å². The molecule has 2 aromatic carbocycles. The van der Waals surface area contributed by atoms with E-state index in [1.165, 1.54) is 10.5 Å². The minimum Gasteiger partial charge on any atom is -0.507 e. The highest BCUT2D eigenvalue weighted by atomic mass is 32.2. The van der Waals surface area contributed by atoms with Crippen LogP contribution in [0.25, 0.3) is 0 Å². The van der Waals surface area contributed by atoms with E-state index in [2.05, 4.69) is 36.4 Å². The van der Waals surface area contributed by atoms with Crippen molar-refractivity contribution in [3.8, 4) is 5.75 Å². The molecule has 0 saturated heterocycles. The summed E-state index contributed by atoms with van der Waals surface area (Å²) in [5, 5.41) is 9.71. The minimum atomic E-state index is 0.415. The van der Waals surface area contributed by atoms with Crippen molar-refractivity contribution in [3.05, 3.63) is 59.2 Å². The lowest BCUT2D eigenvalue weighted by atomic mass is 10.1. The Morgan fingerprint density at radius 3 is 2.18 bits per heavy atom. The SMILES string of the molecule is Cc1cc(CSc2ccccc2)cc(C)c1O. The van der Waals surface area contributed by atoms with Crippen LogP contribution in [0.3, 0.4) is 0 Å². The summed E-state index contributed by atoms with van der Waals surface area (Å²) in [5.41, 5.74) is 3.16. The molecule has 1 N–H and O–H groups in total. The minimum absolute atomic E-state index is 0.415. The highest BCUT2D eigenvalue weighted by molar-refractivity contribution is 7.98. The second-order valence-corrected chi connectivity index (χ2v) is 5.23. The van der Waals surface area contributed by atoms with Gasteiger partial charge in [-0.15, -0.1) is 11.8 Å². The summed E-state index contributed by atoms with van der Waals surface area (Å²) in [6.07, 6.45) is 0. The van der Waals surface area contributed by atoms with Gasteiger partial charge in [0.15, 0.2) is 0 Å². The predicted octanol–water partition coefficient (Wildman–Crippen LogP) is 4.30. The van der Waals surface area contributed by atoms with Gasteiger partial charge in [-0.3, -0.25) is 0 Å². The molecule has 0 bridgehead atoms. The van der Waals surface area contributed by atoms with E-state index in [1.54, 1.807) is 0 Å². The molecule has 1 nitrogen and oxygen atoms in total. The molecular weight excluding hydrogens is 228 g/mol. The van der Waals surface area contributed by atoms with E-state index in [0.29, 0.717) is 5.75 Å². The Bertz CT molecular complexity index is 483. The van der Waals surface area contributed by atoms with Gasteiger partial charge in [0, 0.05) is 10.6 Å². The predicted molar refractivity (Wildman–Crippen MR) is 73.6 cm³/mol. The third kappa shape index (κ3) is 3.04. The molecule has 0 heterocycles. The number of benzene rings is 2. The monoisotopic (exact) mass is 244 g/mol. The molecule has 0 aliphatic carbocycles. The van der Waals surface area contributed by atoms with E-state index in [1.807, 2.05) is 31.7 Å². The molecule has 0 unspecified atom stereocenters. The lowest BCUT2D eigenvalue weighted by Gasteiger charge is -2.07. The molecule has 0 aliphatic heterocycles. The van der Waals surface area contributed by atoms with Crippen molar-refractivity contribution >= 4 is 11.8 Å². The van der Waals surface area contributed by atoms with Gasteiger partial charge in [-0.2, -0.15) is 0 Å². The standard InChI is InChI=1S/C15H16OS/c1-11-8-13(9-12(2)15(11)16)10-17-14-6-4-3-5-7-14/h3-9,16H,10H2,1-2H3. The Labute approximate surface area is 107 Å². The van der Waals surface area contributed by atoms with Crippen LogP contribution < -0.4 is 0 Å². The summed E-state index contributed by atoms with van der Waals surface area (Å²) >= 11 is 1.82. The maximum absolute atomic E-state index is 9.71. The van der Waals surface area contributed by atoms with Crippen molar-refractivity contribution in [1.82, 2.24) is 0 Å². The quantitative estimate of drug-likeness (QED) is 0.812. The van der Waals surface area contributed by atoms with Crippen molar-refractivity contribution in [2.75, 3.05) is 0 Å². The van der Waals surface area contributed by atoms with Crippen molar-refractivity contribution in [2.45, 2.75) is 24.5 Å². The molecule has 17 heavy (non-hydrogen) atoms. The molecule has 0 saturated carbocycles. The third-order valence-corrected chi connectivity index (χ3v) is 3.78. The first kappa shape index (κ1) is 12.1. The van der Waals surface area contributed by atoms with E-state index in [9.17, 15) is 5.11 Å². The highest BCUT2D eigenvalue weighted by Crippen LogP contribution is 2.27. The molecule has 2 aromatic rings. The molecule has 0 aromatic heterocycles. The largest absolute Gasteiger partial charge is 0.507 e. The maximum atomic E-state index is 9.71. The molecule has 0 fully saturated rings. The van der Waals surface area contributed by atoms with Crippen molar-refractivity contribution in [1.29, 1.82) is 0 Å². The summed E-state index contributed by atoms with van der Waals surface area (Å²) in [7, 11) is 0. The second-order valence-electron chi connectivity index (χ2n) is 4.18. The normalized spacial score (nSPS) is 10.5. The number of thioether (sulfide) groups is 1. The number of hydrogen-bond donors (Lipinski definition) is 1. The number of rotatable bonds is 3. The maximum Gasteiger partial charge on any atom is 0.121 e. The van der Waals surface area contributed by atoms with Crippen LogP contribution in [0.5, 0.6) is 5.75 Å². The van der Waals surface area contributed by atoms with Crippen molar-refractivity contribution < 1.29 is 5.11 Å². The third-order valence-electron chi connectivity index (χ3n) is 2.70. The number of aromatic hydroxyl groups is 1. The summed E-state index contributed by atoms with van der Waals surface area (Å²) in [6, 6.07) is 14.5. The van der Waals surface area contributed by atoms with E-state index in [4.69, 9.17) is 0 Å². The van der Waals surface area contributed by atoms with Gasteiger partial charge in [-0.05, 0) is 42.7 Å². The molecule has 0 amide bonds. The molecular formula is C15H16OS. The van der Waals surface area contributed by atoms with Gasteiger partial charge in [0.25, 0.3) is 0 Å². The average Bonchev–Trinajstić information content (AvgIpc) is 2.34. The Hall–Kier alpha value is -1.41. The van der Waals surface area contributed by atoms with Crippen LogP contribution in [0, 0.1) is 13.8 Å². The van der Waals surface area contributed by atoms with Crippen LogP contribution in [0.1, 0.15) is 16.7 Å². The molecule has 2 rings (SSSR count). The van der Waals surface area contributed by atoms with Gasteiger partial charge in [0.05, 0.1) is 0 Å². The van der Waals surface area contributed by atoms with Crippen LogP contribution in [0.2, 0.25) is 0 Å². The Kier molecular flexibility index (Phi) is 3.75. The van der Waals surface area contributed by atoms with Crippen LogP contribution >= 0.6 is 11.8 Å². The zero-order valence-electron chi connectivity index (χ0n) is 10.1. The lowest BCUT2D eigenvalue weighted by molar-refractivity contribution is 0.466. The van der Waals surface area contributed by atoms with Crippen molar-refractivity contribution in [3.63, 3.8) is 0 Å². The number of phenols is 1. The smallest absolute Gasteiger partial charge is 0.121 e. The van der Waals surface area contributed by atoms with Crippen LogP contribution in [-0.2, 0) is 5.75 Å². The number of phenolic OH excluding ortho intramolecular Hbond substituents is 1. The van der Waals surface area contributed by atoms with Crippen LogP contribution in [-0.4, -0.2) is 5.11 Å². The van der Waals surface area contributed by atoms with Crippen LogP contribution in [0.4, 0.5) is 0 Å². The van der Waals surface area contributed by atoms with E-state index >= 15 is 0 Å². The fourth-order valence-corrected chi connectivity index (χ4v) is 2.66. The second kappa shape index (κ2) is 5.28. The number of hydrogen-bond acceptors (Lipinski definition) is 2. The Morgan fingerprint density at radius 2 is 1.59 bits per heavy atom. The first-order valence-corrected chi connectivity index (χ1v) is 6.62. The van der Waals surface area contributed by atoms with Crippen molar-refractivity contribution in [2.24, 2.45) is 0 Å². The summed E-state index contributed by atoms with van der Waals surface area (Å²) in [4.78, 5) is 1.27. The fourth-order valence-electron chi connectivity index (χ4n) is 1.81. The molecule has 0 spiro atoms. The van der Waals surface area contributed by atoms with Crippen LogP contribution in [0.15, 0.2) is 47.4 Å². The topological polar surface area (TPSA) is 20.2 Å². The molecule has 2 heteroatoms. The summed E-state index contributed by atoms with van der Waals surface area (Å²) < 4.78 is 0. The summed E-state index contributed by atoms with van der Waals surface area (Å²) in [5.74, 6) is 1.35. The molecule has 0 aliphatic rings. The Morgan fingerprint density at radius 1 is 1.00 bits per heavy atom. The molecule has 88 valence electrons. The molecule has 0 atom stereocenters. The molecule has 0 radical (unpaired) electrons. The first-order valence-electron chi connectivity index (χ1n) is 5.64. The zero-order valence-corrected chi connectivity index (χ0v) is 10.9. The van der Waals surface area contributed by atoms with Gasteiger partial charge < -0.3 is 5.11 Å². The zero-order chi connectivity index (χ0) is 12.3. The van der Waals surface area contributed by atoms with E-state index in [0.717, 1.165) is 16.9 Å². The van der Waals surface area contributed by atoms with Gasteiger partial charge in [0.1, 0.15) is 5.75 Å². The van der Waals surface area contributed by atoms with E-state index < -0.39 is 0 Å². The summed E-state index contributed by atoms with van der Waals surface area (Å²) in [6.45, 7) is 3.89. The van der Waals surface area contributed by atoms with Gasteiger partial charge in [-0.25, -0.2) is 0 Å². The number of aryl methyl sites for hydroxylation is 2. The first-order chi connectivity index (χ1) is 8.16. The fraction of sp³-hybridized carbons (Fsp3) is 0.200. The lowest BCUT2D eigenvalue weighted by Crippen LogP contribution is -1.87. The van der Waals surface area contributed by atoms with E-state index in [-0.39, 0.29) is 0 Å². The van der Waals surface area contributed by atoms with Gasteiger partial charge >= 0.3 is 0 Å².